The van der Waals surface area contributed by atoms with Crippen molar-refractivity contribution in [3.63, 3.8) is 0 Å². The molecule has 0 aromatic carbocycles. The topological polar surface area (TPSA) is 80.5 Å². The van der Waals surface area contributed by atoms with Crippen LogP contribution in [0.4, 0.5) is 0 Å². The monoisotopic (exact) mass is 232 g/mol. The third-order valence-electron chi connectivity index (χ3n) is 1.30. The van der Waals surface area contributed by atoms with Gasteiger partial charge in [0.25, 0.3) is 17.7 Å². The van der Waals surface area contributed by atoms with E-state index < -0.39 is 22.7 Å². The van der Waals surface area contributed by atoms with E-state index in [0.29, 0.717) is 0 Å². The summed E-state index contributed by atoms with van der Waals surface area (Å²) in [6, 6.07) is 0. The van der Waals surface area contributed by atoms with Gasteiger partial charge in [0.15, 0.2) is 4.95 Å². The number of amides is 3. The lowest BCUT2D eigenvalue weighted by Gasteiger charge is -2.16. The van der Waals surface area contributed by atoms with E-state index in [4.69, 9.17) is 5.73 Å². The first-order valence-corrected chi connectivity index (χ1v) is 3.94. The molecule has 1 atom stereocenters. The van der Waals surface area contributed by atoms with Crippen LogP contribution in [0.3, 0.4) is 0 Å². The fraction of sp³-hybridized carbons (Fsp3) is 0.167. The van der Waals surface area contributed by atoms with Gasteiger partial charge in [-0.2, -0.15) is 0 Å². The van der Waals surface area contributed by atoms with Crippen LogP contribution in [0.5, 0.6) is 0 Å². The normalized spacial score (nSPS) is 18.6. The minimum atomic E-state index is -1.06. The third kappa shape index (κ3) is 1.38. The first-order chi connectivity index (χ1) is 5.54. The summed E-state index contributed by atoms with van der Waals surface area (Å²) in [6.07, 6.45) is 2.17. The fourth-order valence-corrected chi connectivity index (χ4v) is 1.17. The van der Waals surface area contributed by atoms with E-state index in [2.05, 4.69) is 15.9 Å². The molecule has 0 fully saturated rings. The molecule has 12 heavy (non-hydrogen) atoms. The zero-order valence-corrected chi connectivity index (χ0v) is 7.45. The lowest BCUT2D eigenvalue weighted by molar-refractivity contribution is -0.141. The second-order valence-corrected chi connectivity index (χ2v) is 2.99. The van der Waals surface area contributed by atoms with Crippen molar-refractivity contribution in [2.45, 2.75) is 4.95 Å². The highest BCUT2D eigenvalue weighted by Gasteiger charge is 2.32. The Bertz CT molecular complexity index is 269. The van der Waals surface area contributed by atoms with Crippen LogP contribution < -0.4 is 5.73 Å². The summed E-state index contributed by atoms with van der Waals surface area (Å²) >= 11 is 2.82. The molecular weight excluding hydrogens is 228 g/mol. The summed E-state index contributed by atoms with van der Waals surface area (Å²) in [4.78, 5) is 32.1. The van der Waals surface area contributed by atoms with Gasteiger partial charge in [0.2, 0.25) is 0 Å². The van der Waals surface area contributed by atoms with Gasteiger partial charge < -0.3 is 5.73 Å². The average Bonchev–Trinajstić information content (AvgIpc) is 2.30. The predicted molar refractivity (Wildman–Crippen MR) is 42.9 cm³/mol. The summed E-state index contributed by atoms with van der Waals surface area (Å²) in [5.74, 6) is -1.86. The minimum Gasteiger partial charge on any atom is -0.367 e. The molecule has 6 heteroatoms. The maximum atomic E-state index is 10.9. The van der Waals surface area contributed by atoms with Gasteiger partial charge in [0, 0.05) is 12.2 Å². The van der Waals surface area contributed by atoms with Crippen molar-refractivity contribution in [1.29, 1.82) is 0 Å². The van der Waals surface area contributed by atoms with E-state index in [0.717, 1.165) is 17.1 Å². The maximum absolute atomic E-state index is 10.9. The van der Waals surface area contributed by atoms with Crippen LogP contribution in [0.15, 0.2) is 12.2 Å². The molecule has 0 aromatic rings. The minimum absolute atomic E-state index is 0.541. The maximum Gasteiger partial charge on any atom is 0.255 e. The first kappa shape index (κ1) is 8.92. The van der Waals surface area contributed by atoms with Gasteiger partial charge in [0.1, 0.15) is 0 Å². The quantitative estimate of drug-likeness (QED) is 0.382. The van der Waals surface area contributed by atoms with Crippen molar-refractivity contribution in [2.75, 3.05) is 0 Å². The van der Waals surface area contributed by atoms with Crippen LogP contribution in [-0.2, 0) is 14.4 Å². The van der Waals surface area contributed by atoms with E-state index in [-0.39, 0.29) is 0 Å². The zero-order valence-electron chi connectivity index (χ0n) is 5.86. The molecule has 1 aliphatic rings. The molecule has 0 saturated heterocycles. The Hall–Kier alpha value is -1.17. The molecule has 1 aliphatic heterocycles. The molecular formula is C6H5BrN2O3. The molecule has 1 rings (SSSR count). The molecule has 5 nitrogen and oxygen atoms in total. The van der Waals surface area contributed by atoms with Crippen LogP contribution in [-0.4, -0.2) is 27.6 Å². The summed E-state index contributed by atoms with van der Waals surface area (Å²) in [7, 11) is 0. The highest BCUT2D eigenvalue weighted by atomic mass is 79.9. The van der Waals surface area contributed by atoms with Crippen LogP contribution in [0.25, 0.3) is 0 Å². The van der Waals surface area contributed by atoms with Gasteiger partial charge >= 0.3 is 0 Å². The Morgan fingerprint density at radius 2 is 1.83 bits per heavy atom. The summed E-state index contributed by atoms with van der Waals surface area (Å²) in [6.45, 7) is 0. The highest BCUT2D eigenvalue weighted by molar-refractivity contribution is 9.10. The van der Waals surface area contributed by atoms with Crippen LogP contribution in [0, 0.1) is 0 Å². The van der Waals surface area contributed by atoms with E-state index in [1.165, 1.54) is 0 Å². The third-order valence-corrected chi connectivity index (χ3v) is 2.17. The summed E-state index contributed by atoms with van der Waals surface area (Å²) in [5.41, 5.74) is 4.88. The van der Waals surface area contributed by atoms with Crippen molar-refractivity contribution in [3.05, 3.63) is 12.2 Å². The van der Waals surface area contributed by atoms with Gasteiger partial charge in [-0.1, -0.05) is 15.9 Å². The predicted octanol–water partition coefficient (Wildman–Crippen LogP) is -0.882. The number of hydrogen-bond donors (Lipinski definition) is 1. The smallest absolute Gasteiger partial charge is 0.255 e. The SMILES string of the molecule is NC(=O)C(Br)N1C(=O)C=CC1=O. The van der Waals surface area contributed by atoms with Crippen molar-refractivity contribution in [3.8, 4) is 0 Å². The van der Waals surface area contributed by atoms with Crippen molar-refractivity contribution in [1.82, 2.24) is 4.90 Å². The number of halogens is 1. The highest BCUT2D eigenvalue weighted by Crippen LogP contribution is 2.13. The molecule has 0 bridgehead atoms. The lowest BCUT2D eigenvalue weighted by atomic mass is 10.5. The van der Waals surface area contributed by atoms with Crippen LogP contribution in [0.1, 0.15) is 0 Å². The zero-order chi connectivity index (χ0) is 9.30. The van der Waals surface area contributed by atoms with Gasteiger partial charge in [-0.05, 0) is 0 Å². The molecule has 1 heterocycles. The summed E-state index contributed by atoms with van der Waals surface area (Å²) in [5, 5.41) is 0. The number of nitrogens with zero attached hydrogens (tertiary/aromatic N) is 1. The van der Waals surface area contributed by atoms with E-state index >= 15 is 0 Å². The van der Waals surface area contributed by atoms with E-state index in [1.807, 2.05) is 0 Å². The number of carbonyl (C=O) groups is 3. The molecule has 0 saturated carbocycles. The standard InChI is InChI=1S/C6H5BrN2O3/c7-5(6(8)12)9-3(10)1-2-4(9)11/h1-2,5H,(H2,8,12). The number of primary amides is 1. The average molecular weight is 233 g/mol. The number of hydrogen-bond acceptors (Lipinski definition) is 3. The Morgan fingerprint density at radius 1 is 1.42 bits per heavy atom. The molecule has 64 valence electrons. The van der Waals surface area contributed by atoms with Crippen molar-refractivity contribution in [2.24, 2.45) is 5.73 Å². The van der Waals surface area contributed by atoms with Crippen molar-refractivity contribution >= 4 is 33.7 Å². The Kier molecular flexibility index (Phi) is 2.27. The number of imide groups is 1. The molecule has 0 spiro atoms. The molecule has 1 unspecified atom stereocenters. The lowest BCUT2D eigenvalue weighted by Crippen LogP contribution is -2.44. The second kappa shape index (κ2) is 3.06. The Balaban J connectivity index is 2.83. The van der Waals surface area contributed by atoms with E-state index in [9.17, 15) is 14.4 Å². The van der Waals surface area contributed by atoms with E-state index in [1.54, 1.807) is 0 Å². The number of rotatable bonds is 2. The fourth-order valence-electron chi connectivity index (χ4n) is 0.762. The van der Waals surface area contributed by atoms with Crippen molar-refractivity contribution < 1.29 is 14.4 Å². The molecule has 0 aliphatic carbocycles. The molecule has 2 N–H and O–H groups in total. The van der Waals surface area contributed by atoms with Gasteiger partial charge in [-0.15, -0.1) is 0 Å². The molecule has 0 aromatic heterocycles. The number of carbonyl (C=O) groups excluding carboxylic acids is 3. The van der Waals surface area contributed by atoms with Crippen LogP contribution in [0.2, 0.25) is 0 Å². The number of alkyl halides is 1. The molecule has 3 amide bonds. The second-order valence-electron chi connectivity index (χ2n) is 2.12. The van der Waals surface area contributed by atoms with Gasteiger partial charge in [-0.25, -0.2) is 0 Å². The van der Waals surface area contributed by atoms with Crippen LogP contribution >= 0.6 is 15.9 Å². The van der Waals surface area contributed by atoms with Gasteiger partial charge in [-0.3, -0.25) is 19.3 Å². The first-order valence-electron chi connectivity index (χ1n) is 3.02. The number of nitrogens with two attached hydrogens (primary N) is 1. The van der Waals surface area contributed by atoms with Gasteiger partial charge in [0.05, 0.1) is 0 Å². The Labute approximate surface area is 76.3 Å². The summed E-state index contributed by atoms with van der Waals surface area (Å²) < 4.78 is 0. The largest absolute Gasteiger partial charge is 0.367 e. The molecule has 0 radical (unpaired) electrons. The Morgan fingerprint density at radius 3 is 2.17 bits per heavy atom.